The Morgan fingerprint density at radius 3 is 3.24 bits per heavy atom. The van der Waals surface area contributed by atoms with E-state index in [9.17, 15) is 4.79 Å². The number of hydrazone groups is 1. The third kappa shape index (κ3) is 5.20. The van der Waals surface area contributed by atoms with E-state index in [1.807, 2.05) is 24.3 Å². The number of esters is 1. The molecule has 7 nitrogen and oxygen atoms in total. The molecule has 0 spiro atoms. The lowest BCUT2D eigenvalue weighted by Crippen LogP contribution is -2.03. The number of H-pyrrole nitrogens is 1. The number of methoxy groups -OCH3 is 1. The first-order valence-corrected chi connectivity index (χ1v) is 7.62. The summed E-state index contributed by atoms with van der Waals surface area (Å²) in [5.74, 6) is 0.232. The Kier molecular flexibility index (Phi) is 5.76. The van der Waals surface area contributed by atoms with Crippen LogP contribution in [-0.4, -0.2) is 40.2 Å². The maximum atomic E-state index is 11.0. The van der Waals surface area contributed by atoms with E-state index in [0.29, 0.717) is 11.1 Å². The van der Waals surface area contributed by atoms with E-state index < -0.39 is 0 Å². The van der Waals surface area contributed by atoms with Gasteiger partial charge in [0.05, 0.1) is 19.1 Å². The number of aromatic nitrogens is 3. The summed E-state index contributed by atoms with van der Waals surface area (Å²) in [5.41, 5.74) is 3.67. The Hall–Kier alpha value is -1.87. The number of carbonyl (C=O) groups is 1. The van der Waals surface area contributed by atoms with Gasteiger partial charge in [-0.05, 0) is 17.7 Å². The molecule has 0 aliphatic rings. The molecule has 1 heterocycles. The predicted octanol–water partition coefficient (Wildman–Crippen LogP) is 2.28. The topological polar surface area (TPSA) is 92.3 Å². The van der Waals surface area contributed by atoms with Crippen molar-refractivity contribution < 1.29 is 9.53 Å². The van der Waals surface area contributed by atoms with Gasteiger partial charge in [-0.3, -0.25) is 4.79 Å². The number of aromatic amines is 1. The normalized spacial score (nSPS) is 10.8. The van der Waals surface area contributed by atoms with Gasteiger partial charge in [-0.1, -0.05) is 39.8 Å². The third-order valence-electron chi connectivity index (χ3n) is 2.24. The number of nitrogens with zero attached hydrogens (tertiary/aromatic N) is 3. The van der Waals surface area contributed by atoms with Crippen molar-refractivity contribution in [1.82, 2.24) is 15.2 Å². The zero-order valence-corrected chi connectivity index (χ0v) is 13.4. The van der Waals surface area contributed by atoms with Crippen molar-refractivity contribution in [3.8, 4) is 0 Å². The van der Waals surface area contributed by atoms with Crippen LogP contribution in [0, 0.1) is 0 Å². The molecule has 1 aromatic carbocycles. The van der Waals surface area contributed by atoms with Crippen molar-refractivity contribution in [2.24, 2.45) is 5.10 Å². The average molecular weight is 370 g/mol. The van der Waals surface area contributed by atoms with Crippen LogP contribution in [0.1, 0.15) is 5.56 Å². The van der Waals surface area contributed by atoms with E-state index in [2.05, 4.69) is 46.4 Å². The zero-order chi connectivity index (χ0) is 15.1. The fourth-order valence-electron chi connectivity index (χ4n) is 1.30. The summed E-state index contributed by atoms with van der Waals surface area (Å²) < 4.78 is 5.51. The first kappa shape index (κ1) is 15.5. The van der Waals surface area contributed by atoms with Gasteiger partial charge in [-0.2, -0.15) is 10.1 Å². The summed E-state index contributed by atoms with van der Waals surface area (Å²) in [6.07, 6.45) is 1.66. The Morgan fingerprint density at radius 2 is 2.48 bits per heavy atom. The van der Waals surface area contributed by atoms with Gasteiger partial charge in [0, 0.05) is 4.47 Å². The average Bonchev–Trinajstić information content (AvgIpc) is 2.93. The number of ether oxygens (including phenoxy) is 1. The van der Waals surface area contributed by atoms with Gasteiger partial charge in [0.1, 0.15) is 0 Å². The van der Waals surface area contributed by atoms with Crippen LogP contribution in [0.5, 0.6) is 0 Å². The van der Waals surface area contributed by atoms with Crippen LogP contribution in [0.4, 0.5) is 5.95 Å². The third-order valence-corrected chi connectivity index (χ3v) is 3.56. The standard InChI is InChI=1S/C12H12BrN5O2S/c1-20-10(19)7-21-12-15-11(17-18-12)16-14-6-8-3-2-4-9(13)5-8/h2-6H,7H2,1H3,(H2,15,16,17,18)/b14-6-. The molecule has 0 bridgehead atoms. The van der Waals surface area contributed by atoms with Gasteiger partial charge in [0.15, 0.2) is 0 Å². The van der Waals surface area contributed by atoms with Crippen LogP contribution >= 0.6 is 27.7 Å². The maximum absolute atomic E-state index is 11.0. The van der Waals surface area contributed by atoms with E-state index in [1.165, 1.54) is 18.9 Å². The van der Waals surface area contributed by atoms with E-state index in [-0.39, 0.29) is 11.7 Å². The van der Waals surface area contributed by atoms with Crippen molar-refractivity contribution in [3.05, 3.63) is 34.3 Å². The van der Waals surface area contributed by atoms with E-state index in [4.69, 9.17) is 0 Å². The summed E-state index contributed by atoms with van der Waals surface area (Å²) in [6, 6.07) is 7.71. The van der Waals surface area contributed by atoms with Crippen LogP contribution in [0.15, 0.2) is 39.0 Å². The van der Waals surface area contributed by atoms with Gasteiger partial charge in [-0.25, -0.2) is 10.5 Å². The quantitative estimate of drug-likeness (QED) is 0.351. The molecule has 2 rings (SSSR count). The fraction of sp³-hybridized carbons (Fsp3) is 0.167. The molecule has 2 N–H and O–H groups in total. The molecule has 110 valence electrons. The minimum atomic E-state index is -0.327. The molecular formula is C12H12BrN5O2S. The predicted molar refractivity (Wildman–Crippen MR) is 84.5 cm³/mol. The van der Waals surface area contributed by atoms with Crippen LogP contribution in [0.2, 0.25) is 0 Å². The number of benzene rings is 1. The molecule has 0 amide bonds. The second kappa shape index (κ2) is 7.79. The van der Waals surface area contributed by atoms with Crippen molar-refractivity contribution >= 4 is 45.8 Å². The van der Waals surface area contributed by atoms with Crippen LogP contribution in [0.25, 0.3) is 0 Å². The molecule has 9 heteroatoms. The number of hydrogen-bond acceptors (Lipinski definition) is 7. The first-order chi connectivity index (χ1) is 10.2. The van der Waals surface area contributed by atoms with E-state index >= 15 is 0 Å². The maximum Gasteiger partial charge on any atom is 0.316 e. The second-order valence-electron chi connectivity index (χ2n) is 3.76. The number of thioether (sulfide) groups is 1. The highest BCUT2D eigenvalue weighted by molar-refractivity contribution is 9.10. The highest BCUT2D eigenvalue weighted by atomic mass is 79.9. The van der Waals surface area contributed by atoms with Gasteiger partial charge in [-0.15, -0.1) is 5.10 Å². The largest absolute Gasteiger partial charge is 0.468 e. The van der Waals surface area contributed by atoms with Gasteiger partial charge < -0.3 is 4.74 Å². The Bertz CT molecular complexity index is 646. The fourth-order valence-corrected chi connectivity index (χ4v) is 2.35. The monoisotopic (exact) mass is 369 g/mol. The smallest absolute Gasteiger partial charge is 0.316 e. The summed E-state index contributed by atoms with van der Waals surface area (Å²) in [6.45, 7) is 0. The zero-order valence-electron chi connectivity index (χ0n) is 11.0. The lowest BCUT2D eigenvalue weighted by atomic mass is 10.2. The number of carbonyl (C=O) groups excluding carboxylic acids is 1. The van der Waals surface area contributed by atoms with Crippen LogP contribution < -0.4 is 5.43 Å². The molecule has 2 aromatic rings. The highest BCUT2D eigenvalue weighted by Crippen LogP contribution is 2.14. The van der Waals surface area contributed by atoms with Crippen LogP contribution in [-0.2, 0) is 9.53 Å². The molecule has 0 unspecified atom stereocenters. The van der Waals surface area contributed by atoms with Crippen molar-refractivity contribution in [2.45, 2.75) is 5.16 Å². The molecule has 21 heavy (non-hydrogen) atoms. The molecule has 0 aliphatic carbocycles. The lowest BCUT2D eigenvalue weighted by Gasteiger charge is -1.95. The Morgan fingerprint density at radius 1 is 1.62 bits per heavy atom. The summed E-state index contributed by atoms with van der Waals surface area (Å²) >= 11 is 4.57. The number of anilines is 1. The minimum Gasteiger partial charge on any atom is -0.468 e. The highest BCUT2D eigenvalue weighted by Gasteiger charge is 2.06. The summed E-state index contributed by atoms with van der Waals surface area (Å²) in [4.78, 5) is 15.1. The molecule has 0 fully saturated rings. The molecular weight excluding hydrogens is 358 g/mol. The SMILES string of the molecule is COC(=O)CSc1n[nH]c(N/N=C\c2cccc(Br)c2)n1. The molecule has 1 aromatic heterocycles. The van der Waals surface area contributed by atoms with Crippen LogP contribution in [0.3, 0.4) is 0 Å². The van der Waals surface area contributed by atoms with Crippen molar-refractivity contribution in [1.29, 1.82) is 0 Å². The number of hydrogen-bond donors (Lipinski definition) is 2. The molecule has 0 aliphatic heterocycles. The van der Waals surface area contributed by atoms with Crippen molar-refractivity contribution in [2.75, 3.05) is 18.3 Å². The summed E-state index contributed by atoms with van der Waals surface area (Å²) in [5, 5.41) is 11.1. The number of rotatable bonds is 6. The minimum absolute atomic E-state index is 0.162. The van der Waals surface area contributed by atoms with Gasteiger partial charge in [0.2, 0.25) is 11.1 Å². The summed E-state index contributed by atoms with van der Waals surface area (Å²) in [7, 11) is 1.34. The van der Waals surface area contributed by atoms with Crippen molar-refractivity contribution in [3.63, 3.8) is 0 Å². The molecule has 0 atom stereocenters. The lowest BCUT2D eigenvalue weighted by molar-refractivity contribution is -0.137. The van der Waals surface area contributed by atoms with E-state index in [1.54, 1.807) is 6.21 Å². The van der Waals surface area contributed by atoms with Gasteiger partial charge in [0.25, 0.3) is 0 Å². The Balaban J connectivity index is 1.86. The first-order valence-electron chi connectivity index (χ1n) is 5.84. The Labute approximate surface area is 133 Å². The molecule has 0 saturated heterocycles. The number of nitrogens with one attached hydrogen (secondary N) is 2. The van der Waals surface area contributed by atoms with Gasteiger partial charge >= 0.3 is 5.97 Å². The van der Waals surface area contributed by atoms with E-state index in [0.717, 1.165) is 10.0 Å². The number of halogens is 1. The molecule has 0 radical (unpaired) electrons. The molecule has 0 saturated carbocycles. The second-order valence-corrected chi connectivity index (χ2v) is 5.61.